The van der Waals surface area contributed by atoms with Crippen LogP contribution < -0.4 is 10.1 Å². The Hall–Kier alpha value is -4.52. The van der Waals surface area contributed by atoms with Crippen LogP contribution in [-0.2, 0) is 28.5 Å². The molecule has 0 bridgehead atoms. The molecule has 270 valence electrons. The van der Waals surface area contributed by atoms with Gasteiger partial charge in [-0.05, 0) is 83.4 Å². The molecule has 2 heterocycles. The van der Waals surface area contributed by atoms with Gasteiger partial charge in [0.05, 0.1) is 24.2 Å². The third-order valence-corrected chi connectivity index (χ3v) is 8.85. The molecule has 4 N–H and O–H groups in total. The van der Waals surface area contributed by atoms with Crippen molar-refractivity contribution in [1.82, 2.24) is 10.3 Å². The van der Waals surface area contributed by atoms with E-state index in [1.54, 1.807) is 45.2 Å². The quantitative estimate of drug-likeness (QED) is 0.0816. The van der Waals surface area contributed by atoms with Gasteiger partial charge in [0.25, 0.3) is 0 Å². The lowest BCUT2D eigenvalue weighted by Gasteiger charge is -2.45. The number of hydrogen-bond acceptors (Lipinski definition) is 10. The van der Waals surface area contributed by atoms with Gasteiger partial charge < -0.3 is 44.2 Å². The number of Topliss-reactive ketones (excluding diaryl/α,β-unsaturated/α-hetero) is 1. The SMILES string of the molecule is COC1=C(CC=C(C)C)CC(C(=O)N/C(C(C)=O)=C(\O)c2ccc(O[C@H]3CC(OC(=O)c4ccc(C)[nH]4)[C@@H](OC)C(C)(C)O3)c(Cl)c2O)C=C1. The topological polar surface area (TPSA) is 166 Å². The first-order valence-corrected chi connectivity index (χ1v) is 16.5. The summed E-state index contributed by atoms with van der Waals surface area (Å²) in [6.07, 6.45) is 4.02. The molecule has 4 atom stereocenters. The number of benzene rings is 1. The Bertz CT molecular complexity index is 1750. The Morgan fingerprint density at radius 2 is 1.86 bits per heavy atom. The molecule has 2 aromatic rings. The second-order valence-electron chi connectivity index (χ2n) is 13.0. The van der Waals surface area contributed by atoms with Crippen molar-refractivity contribution in [3.05, 3.63) is 87.1 Å². The summed E-state index contributed by atoms with van der Waals surface area (Å²) in [5, 5.41) is 24.5. The minimum absolute atomic E-state index is 0.00663. The average molecular weight is 713 g/mol. The predicted octanol–water partition coefficient (Wildman–Crippen LogP) is 6.59. The van der Waals surface area contributed by atoms with Gasteiger partial charge in [-0.1, -0.05) is 29.3 Å². The van der Waals surface area contributed by atoms with Gasteiger partial charge in [-0.3, -0.25) is 9.59 Å². The van der Waals surface area contributed by atoms with Crippen molar-refractivity contribution >= 4 is 35.0 Å². The van der Waals surface area contributed by atoms with Crippen molar-refractivity contribution < 1.29 is 48.3 Å². The third kappa shape index (κ3) is 8.79. The number of aromatic nitrogens is 1. The van der Waals surface area contributed by atoms with E-state index in [2.05, 4.69) is 10.3 Å². The van der Waals surface area contributed by atoms with Crippen LogP contribution in [0.4, 0.5) is 0 Å². The molecule has 4 rings (SSSR count). The number of halogens is 1. The van der Waals surface area contributed by atoms with Gasteiger partial charge in [0.2, 0.25) is 12.2 Å². The summed E-state index contributed by atoms with van der Waals surface area (Å²) in [5.41, 5.74) is 1.52. The number of hydrogen-bond donors (Lipinski definition) is 4. The number of methoxy groups -OCH3 is 2. The van der Waals surface area contributed by atoms with Crippen LogP contribution in [0.25, 0.3) is 5.76 Å². The highest BCUT2D eigenvalue weighted by Gasteiger charge is 2.48. The zero-order valence-electron chi connectivity index (χ0n) is 29.5. The molecular formula is C37H45ClN2O10. The molecule has 0 spiro atoms. The molecule has 1 aromatic carbocycles. The Morgan fingerprint density at radius 3 is 2.46 bits per heavy atom. The summed E-state index contributed by atoms with van der Waals surface area (Å²) in [6, 6.07) is 6.06. The zero-order valence-corrected chi connectivity index (χ0v) is 30.3. The van der Waals surface area contributed by atoms with Crippen LogP contribution >= 0.6 is 11.6 Å². The number of ketones is 1. The fourth-order valence-electron chi connectivity index (χ4n) is 5.95. The largest absolute Gasteiger partial charge is 0.505 e. The van der Waals surface area contributed by atoms with Gasteiger partial charge in [0, 0.05) is 26.1 Å². The summed E-state index contributed by atoms with van der Waals surface area (Å²) < 4.78 is 29.1. The third-order valence-electron chi connectivity index (χ3n) is 8.49. The number of aromatic hydroxyl groups is 1. The minimum Gasteiger partial charge on any atom is -0.505 e. The fraction of sp³-hybridized carbons (Fsp3) is 0.432. The molecule has 1 aliphatic heterocycles. The van der Waals surface area contributed by atoms with Gasteiger partial charge in [-0.25, -0.2) is 4.79 Å². The minimum atomic E-state index is -0.989. The Kier molecular flexibility index (Phi) is 12.3. The Labute approximate surface area is 296 Å². The van der Waals surface area contributed by atoms with Gasteiger partial charge in [0.1, 0.15) is 45.9 Å². The molecule has 2 unspecified atom stereocenters. The number of phenolic OH excluding ortho intramolecular Hbond substituents is 1. The molecule has 1 aromatic heterocycles. The number of nitrogens with one attached hydrogen (secondary N) is 2. The first-order chi connectivity index (χ1) is 23.6. The normalized spacial score (nSPS) is 21.9. The van der Waals surface area contributed by atoms with E-state index in [1.165, 1.54) is 26.2 Å². The smallest absolute Gasteiger partial charge is 0.355 e. The van der Waals surface area contributed by atoms with E-state index >= 15 is 0 Å². The molecule has 1 saturated heterocycles. The molecular weight excluding hydrogens is 668 g/mol. The van der Waals surface area contributed by atoms with Gasteiger partial charge in [-0.2, -0.15) is 0 Å². The summed E-state index contributed by atoms with van der Waals surface area (Å²) in [7, 11) is 3.05. The van der Waals surface area contributed by atoms with Crippen LogP contribution in [0.15, 0.2) is 65.1 Å². The second-order valence-corrected chi connectivity index (χ2v) is 13.4. The number of H-pyrrole nitrogens is 1. The standard InChI is InChI=1S/C37H45ClN2O10/c1-19(2)9-11-22-17-23(12-15-26(22)46-7)35(44)40-31(21(4)41)33(43)24-13-16-27(30(38)32(24)42)48-29-18-28(34(47-8)37(5,6)50-29)49-36(45)25-14-10-20(3)39-25/h9-10,12-16,23,28-29,34,39,42-43H,11,17-18H2,1-8H3,(H,40,44)/b33-31-/t23?,28?,29-,34-/m1/s1. The number of esters is 1. The Balaban J connectivity index is 1.53. The number of phenols is 1. The molecule has 12 nitrogen and oxygen atoms in total. The molecule has 1 fully saturated rings. The van der Waals surface area contributed by atoms with E-state index < -0.39 is 64.9 Å². The average Bonchev–Trinajstić information content (AvgIpc) is 3.50. The van der Waals surface area contributed by atoms with E-state index in [0.29, 0.717) is 18.6 Å². The summed E-state index contributed by atoms with van der Waals surface area (Å²) in [4.78, 5) is 41.8. The molecule has 0 radical (unpaired) electrons. The number of carbonyl (C=O) groups is 3. The molecule has 50 heavy (non-hydrogen) atoms. The highest BCUT2D eigenvalue weighted by Crippen LogP contribution is 2.42. The van der Waals surface area contributed by atoms with Crippen molar-refractivity contribution in [2.75, 3.05) is 14.2 Å². The van der Waals surface area contributed by atoms with E-state index in [4.69, 9.17) is 35.3 Å². The number of ether oxygens (including phenoxy) is 5. The molecule has 1 aliphatic carbocycles. The second kappa shape index (κ2) is 16.0. The highest BCUT2D eigenvalue weighted by molar-refractivity contribution is 6.33. The number of rotatable bonds is 12. The van der Waals surface area contributed by atoms with Crippen LogP contribution in [0.3, 0.4) is 0 Å². The van der Waals surface area contributed by atoms with Crippen LogP contribution in [0, 0.1) is 12.8 Å². The number of amides is 1. The predicted molar refractivity (Wildman–Crippen MR) is 187 cm³/mol. The van der Waals surface area contributed by atoms with Crippen molar-refractivity contribution in [2.45, 2.75) is 84.9 Å². The van der Waals surface area contributed by atoms with Crippen LogP contribution in [-0.4, -0.2) is 71.2 Å². The summed E-state index contributed by atoms with van der Waals surface area (Å²) in [5.74, 6) is -3.01. The number of carbonyl (C=O) groups excluding carboxylic acids is 3. The van der Waals surface area contributed by atoms with Crippen molar-refractivity contribution in [3.8, 4) is 11.5 Å². The van der Waals surface area contributed by atoms with E-state index in [-0.39, 0.29) is 28.5 Å². The lowest BCUT2D eigenvalue weighted by Crippen LogP contribution is -2.57. The maximum atomic E-state index is 13.3. The maximum absolute atomic E-state index is 13.3. The first kappa shape index (κ1) is 38.3. The number of aliphatic hydroxyl groups excluding tert-OH is 1. The number of aromatic amines is 1. The number of aliphatic hydroxyl groups is 1. The number of aryl methyl sites for hydroxylation is 1. The fourth-order valence-corrected chi connectivity index (χ4v) is 6.16. The maximum Gasteiger partial charge on any atom is 0.355 e. The summed E-state index contributed by atoms with van der Waals surface area (Å²) in [6.45, 7) is 10.5. The molecule has 0 saturated carbocycles. The van der Waals surface area contributed by atoms with Crippen LogP contribution in [0.1, 0.15) is 75.6 Å². The van der Waals surface area contributed by atoms with E-state index in [1.807, 2.05) is 26.8 Å². The van der Waals surface area contributed by atoms with Crippen molar-refractivity contribution in [2.24, 2.45) is 5.92 Å². The van der Waals surface area contributed by atoms with Crippen molar-refractivity contribution in [3.63, 3.8) is 0 Å². The van der Waals surface area contributed by atoms with Crippen LogP contribution in [0.2, 0.25) is 5.02 Å². The lowest BCUT2D eigenvalue weighted by molar-refractivity contribution is -0.264. The molecule has 1 amide bonds. The highest BCUT2D eigenvalue weighted by atomic mass is 35.5. The van der Waals surface area contributed by atoms with E-state index in [0.717, 1.165) is 16.8 Å². The molecule has 2 aliphatic rings. The lowest BCUT2D eigenvalue weighted by atomic mass is 9.90. The van der Waals surface area contributed by atoms with Crippen LogP contribution in [0.5, 0.6) is 11.5 Å². The zero-order chi connectivity index (χ0) is 36.9. The number of allylic oxidation sites excluding steroid dienone is 5. The molecule has 13 heteroatoms. The van der Waals surface area contributed by atoms with Crippen molar-refractivity contribution in [1.29, 1.82) is 0 Å². The monoisotopic (exact) mass is 712 g/mol. The first-order valence-electron chi connectivity index (χ1n) is 16.1. The van der Waals surface area contributed by atoms with Gasteiger partial charge in [0.15, 0.2) is 11.5 Å². The van der Waals surface area contributed by atoms with E-state index in [9.17, 15) is 24.6 Å². The summed E-state index contributed by atoms with van der Waals surface area (Å²) >= 11 is 6.52. The van der Waals surface area contributed by atoms with Gasteiger partial charge in [-0.15, -0.1) is 0 Å². The Morgan fingerprint density at radius 1 is 1.14 bits per heavy atom. The van der Waals surface area contributed by atoms with Gasteiger partial charge >= 0.3 is 5.97 Å².